The third-order valence-corrected chi connectivity index (χ3v) is 4.75. The van der Waals surface area contributed by atoms with E-state index in [1.165, 1.54) is 51.7 Å². The molecule has 0 bridgehead atoms. The predicted molar refractivity (Wildman–Crippen MR) is 72.0 cm³/mol. The van der Waals surface area contributed by atoms with Gasteiger partial charge in [0, 0.05) is 13.2 Å². The lowest BCUT2D eigenvalue weighted by Gasteiger charge is -2.52. The standard InChI is InChI=1S/C15H29NO/c1-13(2)12-16-7-5-15(6-8-16)10-14(11-15)4-3-9-17/h13-14,17H,3-12H2,1-2H3. The van der Waals surface area contributed by atoms with Crippen molar-refractivity contribution in [3.63, 3.8) is 0 Å². The van der Waals surface area contributed by atoms with Crippen molar-refractivity contribution in [3.05, 3.63) is 0 Å². The minimum absolute atomic E-state index is 0.381. The highest BCUT2D eigenvalue weighted by Crippen LogP contribution is 2.53. The first-order valence-corrected chi connectivity index (χ1v) is 7.47. The molecule has 1 aliphatic heterocycles. The molecule has 1 heterocycles. The third-order valence-electron chi connectivity index (χ3n) is 4.75. The number of rotatable bonds is 5. The van der Waals surface area contributed by atoms with Crippen LogP contribution in [0.1, 0.15) is 52.4 Å². The second-order valence-electron chi connectivity index (χ2n) is 6.83. The second kappa shape index (κ2) is 5.71. The topological polar surface area (TPSA) is 23.5 Å². The van der Waals surface area contributed by atoms with Crippen LogP contribution in [-0.4, -0.2) is 36.2 Å². The molecule has 2 aliphatic rings. The van der Waals surface area contributed by atoms with Gasteiger partial charge in [0.2, 0.25) is 0 Å². The maximum Gasteiger partial charge on any atom is 0.0431 e. The zero-order valence-corrected chi connectivity index (χ0v) is 11.6. The van der Waals surface area contributed by atoms with Crippen LogP contribution in [0.5, 0.6) is 0 Å². The Balaban J connectivity index is 1.66. The molecule has 1 saturated heterocycles. The quantitative estimate of drug-likeness (QED) is 0.797. The van der Waals surface area contributed by atoms with Gasteiger partial charge < -0.3 is 10.0 Å². The molecule has 1 aliphatic carbocycles. The van der Waals surface area contributed by atoms with Crippen molar-refractivity contribution in [2.24, 2.45) is 17.3 Å². The summed E-state index contributed by atoms with van der Waals surface area (Å²) in [6.07, 6.45) is 8.02. The van der Waals surface area contributed by atoms with Gasteiger partial charge in [0.15, 0.2) is 0 Å². The Labute approximate surface area is 106 Å². The van der Waals surface area contributed by atoms with Crippen LogP contribution in [-0.2, 0) is 0 Å². The second-order valence-corrected chi connectivity index (χ2v) is 6.83. The first kappa shape index (κ1) is 13.4. The molecule has 2 nitrogen and oxygen atoms in total. The van der Waals surface area contributed by atoms with E-state index in [0.29, 0.717) is 12.0 Å². The summed E-state index contributed by atoms with van der Waals surface area (Å²) in [6.45, 7) is 8.95. The molecule has 1 N–H and O–H groups in total. The van der Waals surface area contributed by atoms with E-state index in [1.54, 1.807) is 0 Å². The monoisotopic (exact) mass is 239 g/mol. The fourth-order valence-electron chi connectivity index (χ4n) is 3.88. The average molecular weight is 239 g/mol. The molecule has 0 unspecified atom stereocenters. The lowest BCUT2D eigenvalue weighted by Crippen LogP contribution is -2.47. The highest BCUT2D eigenvalue weighted by atomic mass is 16.2. The van der Waals surface area contributed by atoms with E-state index in [1.807, 2.05) is 0 Å². The number of nitrogens with zero attached hydrogens (tertiary/aromatic N) is 1. The maximum atomic E-state index is 8.85. The first-order valence-electron chi connectivity index (χ1n) is 7.47. The van der Waals surface area contributed by atoms with Gasteiger partial charge >= 0.3 is 0 Å². The molecule has 0 radical (unpaired) electrons. The van der Waals surface area contributed by atoms with E-state index >= 15 is 0 Å². The van der Waals surface area contributed by atoms with Crippen LogP contribution < -0.4 is 0 Å². The maximum absolute atomic E-state index is 8.85. The number of hydrogen-bond acceptors (Lipinski definition) is 2. The fourth-order valence-corrected chi connectivity index (χ4v) is 3.88. The molecule has 2 heteroatoms. The van der Waals surface area contributed by atoms with Gasteiger partial charge in [-0.3, -0.25) is 0 Å². The van der Waals surface area contributed by atoms with Gasteiger partial charge in [-0.2, -0.15) is 0 Å². The van der Waals surface area contributed by atoms with Crippen LogP contribution in [0.15, 0.2) is 0 Å². The largest absolute Gasteiger partial charge is 0.396 e. The van der Waals surface area contributed by atoms with Gasteiger partial charge in [-0.05, 0) is 68.9 Å². The van der Waals surface area contributed by atoms with Gasteiger partial charge in [0.1, 0.15) is 0 Å². The van der Waals surface area contributed by atoms with Gasteiger partial charge in [-0.25, -0.2) is 0 Å². The summed E-state index contributed by atoms with van der Waals surface area (Å²) in [5.41, 5.74) is 0.716. The molecule has 0 atom stereocenters. The molecule has 0 aromatic carbocycles. The average Bonchev–Trinajstić information content (AvgIpc) is 2.25. The van der Waals surface area contributed by atoms with Gasteiger partial charge in [-0.15, -0.1) is 0 Å². The molecule has 0 aromatic heterocycles. The van der Waals surface area contributed by atoms with Crippen molar-refractivity contribution in [1.29, 1.82) is 0 Å². The van der Waals surface area contributed by atoms with Crippen molar-refractivity contribution in [2.75, 3.05) is 26.2 Å². The highest BCUT2D eigenvalue weighted by molar-refractivity contribution is 4.96. The van der Waals surface area contributed by atoms with E-state index < -0.39 is 0 Å². The molecule has 0 amide bonds. The van der Waals surface area contributed by atoms with Crippen LogP contribution in [0.3, 0.4) is 0 Å². The molecule has 1 spiro atoms. The molecule has 100 valence electrons. The molecule has 1 saturated carbocycles. The summed E-state index contributed by atoms with van der Waals surface area (Å²) in [7, 11) is 0. The first-order chi connectivity index (χ1) is 8.13. The number of aliphatic hydroxyl groups excluding tert-OH is 1. The van der Waals surface area contributed by atoms with E-state index in [0.717, 1.165) is 18.3 Å². The molecule has 2 fully saturated rings. The molecule has 2 rings (SSSR count). The number of piperidine rings is 1. The van der Waals surface area contributed by atoms with Crippen molar-refractivity contribution >= 4 is 0 Å². The summed E-state index contributed by atoms with van der Waals surface area (Å²) in [5.74, 6) is 1.74. The molecule has 17 heavy (non-hydrogen) atoms. The lowest BCUT2D eigenvalue weighted by atomic mass is 9.56. The normalized spacial score (nSPS) is 25.4. The predicted octanol–water partition coefficient (Wildman–Crippen LogP) is 2.91. The number of likely N-dealkylation sites (tertiary alicyclic amines) is 1. The van der Waals surface area contributed by atoms with Crippen LogP contribution in [0, 0.1) is 17.3 Å². The van der Waals surface area contributed by atoms with Crippen LogP contribution in [0.25, 0.3) is 0 Å². The number of hydrogen-bond donors (Lipinski definition) is 1. The van der Waals surface area contributed by atoms with Crippen molar-refractivity contribution < 1.29 is 5.11 Å². The van der Waals surface area contributed by atoms with Crippen LogP contribution in [0.2, 0.25) is 0 Å². The number of aliphatic hydroxyl groups is 1. The SMILES string of the molecule is CC(C)CN1CCC2(CC1)CC(CCCO)C2. The fraction of sp³-hybridized carbons (Fsp3) is 1.00. The van der Waals surface area contributed by atoms with Crippen molar-refractivity contribution in [1.82, 2.24) is 4.90 Å². The van der Waals surface area contributed by atoms with Crippen molar-refractivity contribution in [2.45, 2.75) is 52.4 Å². The van der Waals surface area contributed by atoms with Crippen LogP contribution in [0.4, 0.5) is 0 Å². The highest BCUT2D eigenvalue weighted by Gasteiger charge is 2.44. The van der Waals surface area contributed by atoms with Gasteiger partial charge in [-0.1, -0.05) is 13.8 Å². The lowest BCUT2D eigenvalue weighted by molar-refractivity contribution is -0.0201. The van der Waals surface area contributed by atoms with E-state index in [4.69, 9.17) is 5.11 Å². The zero-order chi connectivity index (χ0) is 12.3. The van der Waals surface area contributed by atoms with Gasteiger partial charge in [0.25, 0.3) is 0 Å². The van der Waals surface area contributed by atoms with E-state index in [2.05, 4.69) is 18.7 Å². The summed E-state index contributed by atoms with van der Waals surface area (Å²) < 4.78 is 0. The minimum Gasteiger partial charge on any atom is -0.396 e. The Morgan fingerprint density at radius 1 is 1.24 bits per heavy atom. The Kier molecular flexibility index (Phi) is 4.48. The zero-order valence-electron chi connectivity index (χ0n) is 11.6. The van der Waals surface area contributed by atoms with Crippen molar-refractivity contribution in [3.8, 4) is 0 Å². The minimum atomic E-state index is 0.381. The molecule has 0 aromatic rings. The summed E-state index contributed by atoms with van der Waals surface area (Å²) >= 11 is 0. The Hall–Kier alpha value is -0.0800. The smallest absolute Gasteiger partial charge is 0.0431 e. The van der Waals surface area contributed by atoms with Crippen LogP contribution >= 0.6 is 0 Å². The van der Waals surface area contributed by atoms with E-state index in [9.17, 15) is 0 Å². The third kappa shape index (κ3) is 3.45. The van der Waals surface area contributed by atoms with Gasteiger partial charge in [0.05, 0.1) is 0 Å². The Morgan fingerprint density at radius 2 is 1.88 bits per heavy atom. The molecular formula is C15H29NO. The van der Waals surface area contributed by atoms with E-state index in [-0.39, 0.29) is 0 Å². The summed E-state index contributed by atoms with van der Waals surface area (Å²) in [4.78, 5) is 2.65. The molecular weight excluding hydrogens is 210 g/mol. The Bertz CT molecular complexity index is 223. The summed E-state index contributed by atoms with van der Waals surface area (Å²) in [6, 6.07) is 0. The summed E-state index contributed by atoms with van der Waals surface area (Å²) in [5, 5.41) is 8.85. The Morgan fingerprint density at radius 3 is 2.41 bits per heavy atom.